The van der Waals surface area contributed by atoms with Gasteiger partial charge in [-0.1, -0.05) is 11.8 Å². The first-order valence-electron chi connectivity index (χ1n) is 7.97. The minimum Gasteiger partial charge on any atom is -0.497 e. The molecule has 1 aromatic heterocycles. The molecule has 0 bridgehead atoms. The fourth-order valence-electron chi connectivity index (χ4n) is 2.79. The molecule has 0 saturated heterocycles. The Morgan fingerprint density at radius 3 is 2.72 bits per heavy atom. The SMILES string of the molecule is COc1ccc(-c2nnc(SCC(=O)NC3(C#N)CCCC3)o2)cc1. The van der Waals surface area contributed by atoms with Gasteiger partial charge < -0.3 is 14.5 Å². The standard InChI is InChI=1S/C17H18N4O3S/c1-23-13-6-4-12(5-7-13)15-20-21-16(24-15)25-10-14(22)19-17(11-18)8-2-3-9-17/h4-7H,2-3,8-10H2,1H3,(H,19,22). The van der Waals surface area contributed by atoms with Crippen molar-refractivity contribution in [2.75, 3.05) is 12.9 Å². The second-order valence-corrected chi connectivity index (χ2v) is 6.77. The van der Waals surface area contributed by atoms with Gasteiger partial charge in [-0.05, 0) is 49.9 Å². The maximum Gasteiger partial charge on any atom is 0.277 e. The number of thioether (sulfide) groups is 1. The average Bonchev–Trinajstić information content (AvgIpc) is 3.30. The number of hydrogen-bond acceptors (Lipinski definition) is 7. The number of amides is 1. The van der Waals surface area contributed by atoms with Crippen LogP contribution in [0.1, 0.15) is 25.7 Å². The van der Waals surface area contributed by atoms with Crippen LogP contribution in [0.3, 0.4) is 0 Å². The third-order valence-corrected chi connectivity index (χ3v) is 4.94. The van der Waals surface area contributed by atoms with E-state index in [1.807, 2.05) is 24.3 Å². The maximum absolute atomic E-state index is 12.1. The Bertz CT molecular complexity index is 776. The number of benzene rings is 1. The van der Waals surface area contributed by atoms with Crippen LogP contribution in [0.15, 0.2) is 33.9 Å². The Kier molecular flexibility index (Phi) is 5.24. The predicted molar refractivity (Wildman–Crippen MR) is 92.0 cm³/mol. The van der Waals surface area contributed by atoms with Gasteiger partial charge in [-0.25, -0.2) is 0 Å². The molecule has 1 fully saturated rings. The quantitative estimate of drug-likeness (QED) is 0.792. The number of hydrogen-bond donors (Lipinski definition) is 1. The largest absolute Gasteiger partial charge is 0.497 e. The second-order valence-electron chi connectivity index (χ2n) is 5.84. The molecule has 3 rings (SSSR count). The van der Waals surface area contributed by atoms with Crippen LogP contribution < -0.4 is 10.1 Å². The fraction of sp³-hybridized carbons (Fsp3) is 0.412. The molecule has 0 aliphatic heterocycles. The van der Waals surface area contributed by atoms with Crippen LogP contribution in [0.4, 0.5) is 0 Å². The molecule has 25 heavy (non-hydrogen) atoms. The molecule has 2 aromatic rings. The molecular formula is C17H18N4O3S. The van der Waals surface area contributed by atoms with Gasteiger partial charge in [-0.15, -0.1) is 10.2 Å². The summed E-state index contributed by atoms with van der Waals surface area (Å²) in [6.45, 7) is 0. The third kappa shape index (κ3) is 4.12. The lowest BCUT2D eigenvalue weighted by atomic mass is 10.0. The highest BCUT2D eigenvalue weighted by atomic mass is 32.2. The lowest BCUT2D eigenvalue weighted by molar-refractivity contribution is -0.119. The van der Waals surface area contributed by atoms with E-state index in [1.165, 1.54) is 0 Å². The number of nitrogens with one attached hydrogen (secondary N) is 1. The topological polar surface area (TPSA) is 101 Å². The second kappa shape index (κ2) is 7.57. The normalized spacial score (nSPS) is 15.5. The van der Waals surface area contributed by atoms with Crippen LogP contribution >= 0.6 is 11.8 Å². The Labute approximate surface area is 149 Å². The van der Waals surface area contributed by atoms with Gasteiger partial charge >= 0.3 is 0 Å². The van der Waals surface area contributed by atoms with Crippen molar-refractivity contribution in [2.45, 2.75) is 36.4 Å². The van der Waals surface area contributed by atoms with Crippen LogP contribution in [0.25, 0.3) is 11.5 Å². The Morgan fingerprint density at radius 1 is 1.36 bits per heavy atom. The molecule has 1 aliphatic rings. The first-order valence-corrected chi connectivity index (χ1v) is 8.96. The van der Waals surface area contributed by atoms with Crippen LogP contribution in [0.5, 0.6) is 5.75 Å². The number of methoxy groups -OCH3 is 1. The zero-order valence-corrected chi connectivity index (χ0v) is 14.6. The van der Waals surface area contributed by atoms with Crippen LogP contribution in [-0.2, 0) is 4.79 Å². The maximum atomic E-state index is 12.1. The summed E-state index contributed by atoms with van der Waals surface area (Å²) in [6.07, 6.45) is 3.36. The lowest BCUT2D eigenvalue weighted by Crippen LogP contribution is -2.45. The number of carbonyl (C=O) groups excluding carboxylic acids is 1. The molecule has 7 nitrogen and oxygen atoms in total. The number of nitriles is 1. The number of carbonyl (C=O) groups is 1. The number of nitrogens with zero attached hydrogens (tertiary/aromatic N) is 3. The molecular weight excluding hydrogens is 340 g/mol. The zero-order chi connectivity index (χ0) is 17.7. The van der Waals surface area contributed by atoms with Crippen LogP contribution in [-0.4, -0.2) is 34.5 Å². The summed E-state index contributed by atoms with van der Waals surface area (Å²) >= 11 is 1.16. The Balaban J connectivity index is 1.56. The van der Waals surface area contributed by atoms with Gasteiger partial charge in [0.2, 0.25) is 11.8 Å². The fourth-order valence-corrected chi connectivity index (χ4v) is 3.36. The van der Waals surface area contributed by atoms with Gasteiger partial charge in [-0.2, -0.15) is 5.26 Å². The van der Waals surface area contributed by atoms with E-state index in [9.17, 15) is 10.1 Å². The van der Waals surface area contributed by atoms with Crippen LogP contribution in [0, 0.1) is 11.3 Å². The molecule has 0 atom stereocenters. The van der Waals surface area contributed by atoms with Crippen molar-refractivity contribution < 1.29 is 13.9 Å². The van der Waals surface area contributed by atoms with Crippen molar-refractivity contribution in [3.05, 3.63) is 24.3 Å². The molecule has 1 N–H and O–H groups in total. The summed E-state index contributed by atoms with van der Waals surface area (Å²) in [6, 6.07) is 9.50. The summed E-state index contributed by atoms with van der Waals surface area (Å²) < 4.78 is 10.7. The van der Waals surface area contributed by atoms with Gasteiger partial charge in [0, 0.05) is 5.56 Å². The van der Waals surface area contributed by atoms with Gasteiger partial charge in [-0.3, -0.25) is 4.79 Å². The monoisotopic (exact) mass is 358 g/mol. The van der Waals surface area contributed by atoms with Crippen molar-refractivity contribution in [2.24, 2.45) is 0 Å². The Hall–Kier alpha value is -2.53. The molecule has 0 spiro atoms. The molecule has 8 heteroatoms. The number of rotatable bonds is 6. The molecule has 1 heterocycles. The van der Waals surface area contributed by atoms with Crippen molar-refractivity contribution in [1.82, 2.24) is 15.5 Å². The summed E-state index contributed by atoms with van der Waals surface area (Å²) in [5.41, 5.74) is 0.0692. The summed E-state index contributed by atoms with van der Waals surface area (Å²) in [5, 5.41) is 20.4. The highest BCUT2D eigenvalue weighted by Gasteiger charge is 2.35. The van der Waals surface area contributed by atoms with Gasteiger partial charge in [0.05, 0.1) is 18.9 Å². The minimum atomic E-state index is -0.708. The van der Waals surface area contributed by atoms with Crippen molar-refractivity contribution in [3.63, 3.8) is 0 Å². The molecule has 1 aromatic carbocycles. The summed E-state index contributed by atoms with van der Waals surface area (Å²) in [4.78, 5) is 12.1. The molecule has 1 amide bonds. The molecule has 1 saturated carbocycles. The van der Waals surface area contributed by atoms with Crippen molar-refractivity contribution in [1.29, 1.82) is 5.26 Å². The van der Waals surface area contributed by atoms with Gasteiger partial charge in [0.25, 0.3) is 5.22 Å². The van der Waals surface area contributed by atoms with Crippen LogP contribution in [0.2, 0.25) is 0 Å². The first kappa shape index (κ1) is 17.3. The van der Waals surface area contributed by atoms with E-state index in [1.54, 1.807) is 7.11 Å². The molecule has 130 valence electrons. The number of ether oxygens (including phenoxy) is 1. The highest BCUT2D eigenvalue weighted by Crippen LogP contribution is 2.29. The van der Waals surface area contributed by atoms with Gasteiger partial charge in [0.1, 0.15) is 11.3 Å². The first-order chi connectivity index (χ1) is 12.1. The zero-order valence-electron chi connectivity index (χ0n) is 13.8. The van der Waals surface area contributed by atoms with Crippen molar-refractivity contribution >= 4 is 17.7 Å². The van der Waals surface area contributed by atoms with Gasteiger partial charge in [0.15, 0.2) is 0 Å². The molecule has 0 unspecified atom stereocenters. The molecule has 0 radical (unpaired) electrons. The lowest BCUT2D eigenvalue weighted by Gasteiger charge is -2.21. The third-order valence-electron chi connectivity index (χ3n) is 4.12. The van der Waals surface area contributed by atoms with E-state index in [0.29, 0.717) is 24.0 Å². The molecule has 1 aliphatic carbocycles. The smallest absolute Gasteiger partial charge is 0.277 e. The predicted octanol–water partition coefficient (Wildman–Crippen LogP) is 2.79. The van der Waals surface area contributed by atoms with E-state index in [0.717, 1.165) is 35.9 Å². The summed E-state index contributed by atoms with van der Waals surface area (Å²) in [5.74, 6) is 1.06. The van der Waals surface area contributed by atoms with E-state index >= 15 is 0 Å². The van der Waals surface area contributed by atoms with E-state index in [-0.39, 0.29) is 11.7 Å². The van der Waals surface area contributed by atoms with E-state index in [4.69, 9.17) is 9.15 Å². The van der Waals surface area contributed by atoms with E-state index in [2.05, 4.69) is 21.6 Å². The van der Waals surface area contributed by atoms with Crippen molar-refractivity contribution in [3.8, 4) is 23.3 Å². The number of aromatic nitrogens is 2. The van der Waals surface area contributed by atoms with E-state index < -0.39 is 5.54 Å². The minimum absolute atomic E-state index is 0.133. The summed E-state index contributed by atoms with van der Waals surface area (Å²) in [7, 11) is 1.60. The average molecular weight is 358 g/mol. The Morgan fingerprint density at radius 2 is 2.08 bits per heavy atom. The highest BCUT2D eigenvalue weighted by molar-refractivity contribution is 7.99.